The van der Waals surface area contributed by atoms with Gasteiger partial charge in [0.25, 0.3) is 5.56 Å². The summed E-state index contributed by atoms with van der Waals surface area (Å²) in [5.41, 5.74) is 5.74. The summed E-state index contributed by atoms with van der Waals surface area (Å²) in [6.07, 6.45) is 3.00. The van der Waals surface area contributed by atoms with Gasteiger partial charge in [0.05, 0.1) is 11.1 Å². The van der Waals surface area contributed by atoms with Gasteiger partial charge in [-0.05, 0) is 68.0 Å². The molecule has 0 amide bonds. The van der Waals surface area contributed by atoms with Crippen molar-refractivity contribution >= 4 is 33.3 Å². The van der Waals surface area contributed by atoms with Crippen LogP contribution < -0.4 is 5.56 Å². The molecule has 31 heavy (non-hydrogen) atoms. The van der Waals surface area contributed by atoms with Crippen LogP contribution in [-0.2, 0) is 12.8 Å². The lowest BCUT2D eigenvalue weighted by Gasteiger charge is -2.14. The molecule has 0 radical (unpaired) electrons. The highest BCUT2D eigenvalue weighted by atomic mass is 32.2. The first-order valence-corrected chi connectivity index (χ1v) is 12.6. The molecule has 0 fully saturated rings. The number of hydrogen-bond donors (Lipinski definition) is 0. The van der Waals surface area contributed by atoms with E-state index in [9.17, 15) is 4.79 Å². The summed E-state index contributed by atoms with van der Waals surface area (Å²) in [4.78, 5) is 20.9. The van der Waals surface area contributed by atoms with Crippen LogP contribution in [0.25, 0.3) is 15.9 Å². The number of aromatic nitrogens is 2. The molecule has 0 saturated heterocycles. The van der Waals surface area contributed by atoms with E-state index >= 15 is 0 Å². The number of fused-ring (bicyclic) bond motifs is 1. The Balaban J connectivity index is 1.81. The number of hydrogen-bond acceptors (Lipinski definition) is 4. The second kappa shape index (κ2) is 9.41. The molecule has 0 bridgehead atoms. The van der Waals surface area contributed by atoms with E-state index in [1.165, 1.54) is 21.6 Å². The molecule has 0 aliphatic heterocycles. The molecule has 2 heterocycles. The van der Waals surface area contributed by atoms with Crippen LogP contribution in [0.4, 0.5) is 0 Å². The summed E-state index contributed by atoms with van der Waals surface area (Å²) in [5.74, 6) is 0.874. The van der Waals surface area contributed by atoms with Crippen LogP contribution in [0.1, 0.15) is 40.5 Å². The maximum absolute atomic E-state index is 13.7. The molecule has 0 aliphatic carbocycles. The Morgan fingerprint density at radius 1 is 1.00 bits per heavy atom. The van der Waals surface area contributed by atoms with Gasteiger partial charge < -0.3 is 0 Å². The highest BCUT2D eigenvalue weighted by Gasteiger charge is 2.19. The van der Waals surface area contributed by atoms with Crippen molar-refractivity contribution in [2.75, 3.05) is 5.75 Å². The fraction of sp³-hybridized carbons (Fsp3) is 0.308. The molecule has 0 unspecified atom stereocenters. The quantitative estimate of drug-likeness (QED) is 0.234. The summed E-state index contributed by atoms with van der Waals surface area (Å²) >= 11 is 3.34. The molecular formula is C26H28N2OS2. The standard InChI is InChI=1S/C26H28N2OS2/c1-5-9-22-19(4)23-24(31-22)27-26(30-15-14-20-10-7-6-8-11-20)28(25(23)29)21-13-12-17(2)18(3)16-21/h6-8,10-13,16H,5,9,14-15H2,1-4H3. The fourth-order valence-corrected chi connectivity index (χ4v) is 6.09. The average Bonchev–Trinajstić information content (AvgIpc) is 3.07. The third-order valence-electron chi connectivity index (χ3n) is 5.72. The van der Waals surface area contributed by atoms with E-state index in [2.05, 4.69) is 64.1 Å². The van der Waals surface area contributed by atoms with Gasteiger partial charge in [-0.1, -0.05) is 61.5 Å². The van der Waals surface area contributed by atoms with Crippen molar-refractivity contribution in [3.63, 3.8) is 0 Å². The fourth-order valence-electron chi connectivity index (χ4n) is 3.77. The summed E-state index contributed by atoms with van der Waals surface area (Å²) in [6, 6.07) is 16.7. The van der Waals surface area contributed by atoms with E-state index in [4.69, 9.17) is 4.98 Å². The van der Waals surface area contributed by atoms with Crippen molar-refractivity contribution in [3.8, 4) is 5.69 Å². The van der Waals surface area contributed by atoms with Crippen LogP contribution in [-0.4, -0.2) is 15.3 Å². The largest absolute Gasteiger partial charge is 0.268 e. The van der Waals surface area contributed by atoms with Crippen LogP contribution in [0.15, 0.2) is 58.5 Å². The predicted octanol–water partition coefficient (Wildman–Crippen LogP) is 6.66. The van der Waals surface area contributed by atoms with Crippen molar-refractivity contribution < 1.29 is 0 Å². The number of benzene rings is 2. The minimum absolute atomic E-state index is 0.0477. The molecular weight excluding hydrogens is 420 g/mol. The van der Waals surface area contributed by atoms with Crippen molar-refractivity contribution in [2.24, 2.45) is 0 Å². The van der Waals surface area contributed by atoms with E-state index in [-0.39, 0.29) is 5.56 Å². The SMILES string of the molecule is CCCc1sc2nc(SCCc3ccccc3)n(-c3ccc(C)c(C)c3)c(=O)c2c1C. The number of rotatable bonds is 7. The molecule has 0 N–H and O–H groups in total. The normalized spacial score (nSPS) is 11.4. The lowest BCUT2D eigenvalue weighted by atomic mass is 10.1. The van der Waals surface area contributed by atoms with Gasteiger partial charge in [-0.2, -0.15) is 0 Å². The molecule has 2 aromatic heterocycles. The number of aryl methyl sites for hydroxylation is 5. The van der Waals surface area contributed by atoms with Gasteiger partial charge in [-0.15, -0.1) is 11.3 Å². The maximum atomic E-state index is 13.7. The predicted molar refractivity (Wildman–Crippen MR) is 134 cm³/mol. The number of thiophene rings is 1. The highest BCUT2D eigenvalue weighted by Crippen LogP contribution is 2.31. The smallest absolute Gasteiger partial charge is 0.267 e. The number of nitrogens with zero attached hydrogens (tertiary/aromatic N) is 2. The Hall–Kier alpha value is -2.37. The van der Waals surface area contributed by atoms with E-state index < -0.39 is 0 Å². The van der Waals surface area contributed by atoms with Gasteiger partial charge in [-0.25, -0.2) is 4.98 Å². The maximum Gasteiger partial charge on any atom is 0.267 e. The van der Waals surface area contributed by atoms with Gasteiger partial charge in [0.15, 0.2) is 5.16 Å². The first-order chi connectivity index (χ1) is 15.0. The molecule has 3 nitrogen and oxygen atoms in total. The van der Waals surface area contributed by atoms with Gasteiger partial charge in [0.1, 0.15) is 4.83 Å². The first kappa shape index (κ1) is 21.8. The molecule has 4 rings (SSSR count). The van der Waals surface area contributed by atoms with Crippen LogP contribution in [0, 0.1) is 20.8 Å². The molecule has 0 aliphatic rings. The van der Waals surface area contributed by atoms with E-state index in [1.807, 2.05) is 16.7 Å². The second-order valence-electron chi connectivity index (χ2n) is 7.97. The minimum Gasteiger partial charge on any atom is -0.268 e. The Kier molecular flexibility index (Phi) is 6.63. The number of thioether (sulfide) groups is 1. The van der Waals surface area contributed by atoms with Crippen molar-refractivity contribution in [3.05, 3.63) is 86.0 Å². The Morgan fingerprint density at radius 3 is 2.48 bits per heavy atom. The van der Waals surface area contributed by atoms with Gasteiger partial charge >= 0.3 is 0 Å². The first-order valence-electron chi connectivity index (χ1n) is 10.8. The summed E-state index contributed by atoms with van der Waals surface area (Å²) in [7, 11) is 0. The average molecular weight is 449 g/mol. The third kappa shape index (κ3) is 4.48. The lowest BCUT2D eigenvalue weighted by molar-refractivity contribution is 0.819. The van der Waals surface area contributed by atoms with Crippen LogP contribution in [0.2, 0.25) is 0 Å². The zero-order valence-corrected chi connectivity index (χ0v) is 20.2. The zero-order chi connectivity index (χ0) is 22.0. The van der Waals surface area contributed by atoms with Crippen LogP contribution in [0.5, 0.6) is 0 Å². The lowest BCUT2D eigenvalue weighted by Crippen LogP contribution is -2.22. The van der Waals surface area contributed by atoms with E-state index in [1.54, 1.807) is 23.1 Å². The van der Waals surface area contributed by atoms with Gasteiger partial charge in [0.2, 0.25) is 0 Å². The molecule has 4 aromatic rings. The monoisotopic (exact) mass is 448 g/mol. The molecule has 0 saturated carbocycles. The molecule has 0 atom stereocenters. The Morgan fingerprint density at radius 2 is 1.77 bits per heavy atom. The minimum atomic E-state index is 0.0477. The van der Waals surface area contributed by atoms with Crippen LogP contribution >= 0.6 is 23.1 Å². The van der Waals surface area contributed by atoms with Gasteiger partial charge in [-0.3, -0.25) is 9.36 Å². The second-order valence-corrected chi connectivity index (χ2v) is 10.1. The third-order valence-corrected chi connectivity index (χ3v) is 7.91. The van der Waals surface area contributed by atoms with E-state index in [0.717, 1.165) is 51.6 Å². The van der Waals surface area contributed by atoms with Crippen molar-refractivity contribution in [2.45, 2.75) is 52.1 Å². The molecule has 160 valence electrons. The van der Waals surface area contributed by atoms with E-state index in [0.29, 0.717) is 0 Å². The molecule has 0 spiro atoms. The topological polar surface area (TPSA) is 34.9 Å². The van der Waals surface area contributed by atoms with Gasteiger partial charge in [0, 0.05) is 10.6 Å². The summed E-state index contributed by atoms with van der Waals surface area (Å²) in [5, 5.41) is 1.56. The van der Waals surface area contributed by atoms with Crippen molar-refractivity contribution in [1.82, 2.24) is 9.55 Å². The van der Waals surface area contributed by atoms with Crippen molar-refractivity contribution in [1.29, 1.82) is 0 Å². The molecule has 2 aromatic carbocycles. The summed E-state index contributed by atoms with van der Waals surface area (Å²) < 4.78 is 1.82. The summed E-state index contributed by atoms with van der Waals surface area (Å²) in [6.45, 7) is 8.43. The Bertz CT molecular complexity index is 1270. The highest BCUT2D eigenvalue weighted by molar-refractivity contribution is 7.99. The Labute approximate surface area is 192 Å². The van der Waals surface area contributed by atoms with Crippen LogP contribution in [0.3, 0.4) is 0 Å². The zero-order valence-electron chi connectivity index (χ0n) is 18.6. The molecule has 5 heteroatoms.